The van der Waals surface area contributed by atoms with Crippen LogP contribution in [0.2, 0.25) is 0 Å². The van der Waals surface area contributed by atoms with E-state index in [9.17, 15) is 9.18 Å². The van der Waals surface area contributed by atoms with Gasteiger partial charge in [0, 0.05) is 23.4 Å². The van der Waals surface area contributed by atoms with Crippen molar-refractivity contribution in [2.24, 2.45) is 5.41 Å². The molecule has 3 N–H and O–H groups in total. The van der Waals surface area contributed by atoms with Gasteiger partial charge in [-0.3, -0.25) is 4.79 Å². The van der Waals surface area contributed by atoms with Crippen molar-refractivity contribution in [1.82, 2.24) is 5.32 Å². The third-order valence-electron chi connectivity index (χ3n) is 4.38. The maximum Gasteiger partial charge on any atom is 0.251 e. The molecule has 1 aromatic rings. The number of amides is 1. The molecule has 2 rings (SSSR count). The van der Waals surface area contributed by atoms with Gasteiger partial charge in [0.15, 0.2) is 0 Å². The van der Waals surface area contributed by atoms with Crippen molar-refractivity contribution in [2.45, 2.75) is 46.0 Å². The molecular formula is C16H23FN2O. The van der Waals surface area contributed by atoms with Crippen LogP contribution in [-0.2, 0) is 0 Å². The van der Waals surface area contributed by atoms with E-state index in [1.807, 2.05) is 0 Å². The van der Waals surface area contributed by atoms with Crippen LogP contribution in [0.1, 0.15) is 54.9 Å². The van der Waals surface area contributed by atoms with Crippen molar-refractivity contribution in [3.8, 4) is 0 Å². The fraction of sp³-hybridized carbons (Fsp3) is 0.562. The number of hydrogen-bond acceptors (Lipinski definition) is 2. The lowest BCUT2D eigenvalue weighted by atomic mass is 9.76. The van der Waals surface area contributed by atoms with Crippen molar-refractivity contribution in [3.63, 3.8) is 0 Å². The van der Waals surface area contributed by atoms with Gasteiger partial charge in [-0.25, -0.2) is 4.39 Å². The quantitative estimate of drug-likeness (QED) is 0.832. The Bertz CT molecular complexity index is 484. The van der Waals surface area contributed by atoms with Gasteiger partial charge in [0.2, 0.25) is 0 Å². The van der Waals surface area contributed by atoms with E-state index in [-0.39, 0.29) is 11.3 Å². The molecule has 110 valence electrons. The summed E-state index contributed by atoms with van der Waals surface area (Å²) in [5.74, 6) is -0.679. The minimum absolute atomic E-state index is 0.169. The average molecular weight is 278 g/mol. The van der Waals surface area contributed by atoms with E-state index in [1.165, 1.54) is 31.4 Å². The lowest BCUT2D eigenvalue weighted by molar-refractivity contribution is 0.0919. The Morgan fingerprint density at radius 1 is 1.35 bits per heavy atom. The molecule has 0 heterocycles. The minimum atomic E-state index is -0.431. The fourth-order valence-electron chi connectivity index (χ4n) is 2.81. The summed E-state index contributed by atoms with van der Waals surface area (Å²) in [6, 6.07) is 2.79. The summed E-state index contributed by atoms with van der Waals surface area (Å²) >= 11 is 0. The Kier molecular flexibility index (Phi) is 4.31. The van der Waals surface area contributed by atoms with Gasteiger partial charge >= 0.3 is 0 Å². The number of rotatable bonds is 3. The Hall–Kier alpha value is -1.58. The van der Waals surface area contributed by atoms with Crippen molar-refractivity contribution in [3.05, 3.63) is 29.1 Å². The summed E-state index contributed by atoms with van der Waals surface area (Å²) in [4.78, 5) is 12.1. The number of halogens is 1. The number of carbonyl (C=O) groups excluding carboxylic acids is 1. The van der Waals surface area contributed by atoms with E-state index in [0.717, 1.165) is 12.8 Å². The molecule has 4 heteroatoms. The molecule has 0 unspecified atom stereocenters. The predicted molar refractivity (Wildman–Crippen MR) is 79.1 cm³/mol. The van der Waals surface area contributed by atoms with Gasteiger partial charge in [0.05, 0.1) is 0 Å². The molecule has 1 aliphatic carbocycles. The highest BCUT2D eigenvalue weighted by atomic mass is 19.1. The summed E-state index contributed by atoms with van der Waals surface area (Å²) in [5.41, 5.74) is 6.88. The molecular weight excluding hydrogens is 255 g/mol. The highest BCUT2D eigenvalue weighted by Crippen LogP contribution is 2.35. The first-order chi connectivity index (χ1) is 9.41. The lowest BCUT2D eigenvalue weighted by Crippen LogP contribution is -2.37. The zero-order valence-electron chi connectivity index (χ0n) is 12.3. The maximum atomic E-state index is 13.6. The number of carbonyl (C=O) groups is 1. The van der Waals surface area contributed by atoms with Crippen LogP contribution in [0.4, 0.5) is 10.1 Å². The molecule has 1 amide bonds. The number of nitrogens with one attached hydrogen (secondary N) is 1. The smallest absolute Gasteiger partial charge is 0.251 e. The van der Waals surface area contributed by atoms with Crippen molar-refractivity contribution < 1.29 is 9.18 Å². The molecule has 0 aromatic heterocycles. The highest BCUT2D eigenvalue weighted by molar-refractivity contribution is 5.95. The molecule has 1 aromatic carbocycles. The number of hydrogen-bond donors (Lipinski definition) is 2. The van der Waals surface area contributed by atoms with E-state index in [2.05, 4.69) is 12.2 Å². The van der Waals surface area contributed by atoms with Crippen LogP contribution in [0.25, 0.3) is 0 Å². The number of nitrogen functional groups attached to an aromatic ring is 1. The minimum Gasteiger partial charge on any atom is -0.398 e. The lowest BCUT2D eigenvalue weighted by Gasteiger charge is -2.33. The van der Waals surface area contributed by atoms with Crippen molar-refractivity contribution in [1.29, 1.82) is 0 Å². The second-order valence-corrected chi connectivity index (χ2v) is 6.23. The number of nitrogens with two attached hydrogens (primary N) is 1. The third kappa shape index (κ3) is 3.30. The fourth-order valence-corrected chi connectivity index (χ4v) is 2.81. The van der Waals surface area contributed by atoms with E-state index >= 15 is 0 Å². The summed E-state index contributed by atoms with van der Waals surface area (Å²) in [5, 5.41) is 2.92. The molecule has 0 aliphatic heterocycles. The van der Waals surface area contributed by atoms with Crippen LogP contribution in [0.15, 0.2) is 12.1 Å². The van der Waals surface area contributed by atoms with Crippen molar-refractivity contribution >= 4 is 11.6 Å². The summed E-state index contributed by atoms with van der Waals surface area (Å²) in [6.07, 6.45) is 6.00. The molecule has 0 radical (unpaired) electrons. The van der Waals surface area contributed by atoms with E-state index in [0.29, 0.717) is 23.4 Å². The van der Waals surface area contributed by atoms with Crippen molar-refractivity contribution in [2.75, 3.05) is 12.3 Å². The monoisotopic (exact) mass is 278 g/mol. The first-order valence-corrected chi connectivity index (χ1v) is 7.25. The number of anilines is 1. The second-order valence-electron chi connectivity index (χ2n) is 6.23. The first-order valence-electron chi connectivity index (χ1n) is 7.25. The SMILES string of the molecule is Cc1c(N)cc(C(=O)NCC2(C)CCCCC2)cc1F. The van der Waals surface area contributed by atoms with Crippen LogP contribution in [0, 0.1) is 18.2 Å². The van der Waals surface area contributed by atoms with Gasteiger partial charge in [-0.15, -0.1) is 0 Å². The van der Waals surface area contributed by atoms with Gasteiger partial charge in [-0.05, 0) is 37.3 Å². The highest BCUT2D eigenvalue weighted by Gasteiger charge is 2.27. The molecule has 20 heavy (non-hydrogen) atoms. The standard InChI is InChI=1S/C16H23FN2O/c1-11-13(17)8-12(9-14(11)18)15(20)19-10-16(2)6-4-3-5-7-16/h8-9H,3-7,10,18H2,1-2H3,(H,19,20). The Morgan fingerprint density at radius 2 is 2.00 bits per heavy atom. The van der Waals surface area contributed by atoms with Gasteiger partial charge in [0.25, 0.3) is 5.91 Å². The third-order valence-corrected chi connectivity index (χ3v) is 4.38. The Balaban J connectivity index is 2.01. The molecule has 3 nitrogen and oxygen atoms in total. The maximum absolute atomic E-state index is 13.6. The largest absolute Gasteiger partial charge is 0.398 e. The topological polar surface area (TPSA) is 55.1 Å². The molecule has 0 atom stereocenters. The van der Waals surface area contributed by atoms with Crippen LogP contribution in [-0.4, -0.2) is 12.5 Å². The van der Waals surface area contributed by atoms with Crippen LogP contribution in [0.5, 0.6) is 0 Å². The van der Waals surface area contributed by atoms with E-state index in [4.69, 9.17) is 5.73 Å². The first kappa shape index (κ1) is 14.8. The summed E-state index contributed by atoms with van der Waals surface area (Å²) < 4.78 is 13.6. The van der Waals surface area contributed by atoms with Gasteiger partial charge < -0.3 is 11.1 Å². The van der Waals surface area contributed by atoms with E-state index < -0.39 is 5.82 Å². The Labute approximate surface area is 119 Å². The van der Waals surface area contributed by atoms with E-state index in [1.54, 1.807) is 6.92 Å². The van der Waals surface area contributed by atoms with Crippen LogP contribution >= 0.6 is 0 Å². The predicted octanol–water partition coefficient (Wildman–Crippen LogP) is 3.42. The normalized spacial score (nSPS) is 17.8. The van der Waals surface area contributed by atoms with Gasteiger partial charge in [0.1, 0.15) is 5.82 Å². The van der Waals surface area contributed by atoms with Gasteiger partial charge in [-0.1, -0.05) is 26.2 Å². The zero-order valence-corrected chi connectivity index (χ0v) is 12.3. The van der Waals surface area contributed by atoms with Crippen LogP contribution < -0.4 is 11.1 Å². The summed E-state index contributed by atoms with van der Waals surface area (Å²) in [7, 11) is 0. The summed E-state index contributed by atoms with van der Waals surface area (Å²) in [6.45, 7) is 4.45. The molecule has 0 bridgehead atoms. The molecule has 0 spiro atoms. The molecule has 1 saturated carbocycles. The number of benzene rings is 1. The zero-order chi connectivity index (χ0) is 14.8. The average Bonchev–Trinajstić information content (AvgIpc) is 2.42. The second kappa shape index (κ2) is 5.81. The Morgan fingerprint density at radius 3 is 2.60 bits per heavy atom. The molecule has 0 saturated heterocycles. The van der Waals surface area contributed by atoms with Crippen LogP contribution in [0.3, 0.4) is 0 Å². The molecule has 1 fully saturated rings. The van der Waals surface area contributed by atoms with Gasteiger partial charge in [-0.2, -0.15) is 0 Å². The molecule has 1 aliphatic rings.